The zero-order valence-electron chi connectivity index (χ0n) is 12.9. The fourth-order valence-electron chi connectivity index (χ4n) is 3.96. The molecule has 3 aliphatic rings. The highest BCUT2D eigenvalue weighted by molar-refractivity contribution is 4.99. The highest BCUT2D eigenvalue weighted by Crippen LogP contribution is 2.49. The van der Waals surface area contributed by atoms with Gasteiger partial charge in [0.25, 0.3) is 0 Å². The smallest absolute Gasteiger partial charge is 0.0304 e. The summed E-state index contributed by atoms with van der Waals surface area (Å²) in [4.78, 5) is 0. The molecular weight excluding hydrogens is 232 g/mol. The van der Waals surface area contributed by atoms with Crippen LogP contribution in [0, 0.1) is 23.2 Å². The maximum Gasteiger partial charge on any atom is 0.0304 e. The predicted octanol–water partition coefficient (Wildman–Crippen LogP) is 3.31. The molecule has 3 rings (SSSR count). The monoisotopic (exact) mass is 264 g/mol. The lowest BCUT2D eigenvalue weighted by Crippen LogP contribution is -2.55. The van der Waals surface area contributed by atoms with Crippen molar-refractivity contribution in [2.75, 3.05) is 13.1 Å². The molecule has 3 fully saturated rings. The van der Waals surface area contributed by atoms with Crippen LogP contribution >= 0.6 is 0 Å². The molecule has 0 atom stereocenters. The molecule has 3 aliphatic carbocycles. The molecule has 3 saturated carbocycles. The van der Waals surface area contributed by atoms with Gasteiger partial charge in [0, 0.05) is 12.1 Å². The van der Waals surface area contributed by atoms with Gasteiger partial charge >= 0.3 is 0 Å². The van der Waals surface area contributed by atoms with Gasteiger partial charge in [0.05, 0.1) is 0 Å². The van der Waals surface area contributed by atoms with E-state index in [1.54, 1.807) is 0 Å². The van der Waals surface area contributed by atoms with E-state index in [1.165, 1.54) is 57.9 Å². The summed E-state index contributed by atoms with van der Waals surface area (Å²) in [5.41, 5.74) is 6.93. The van der Waals surface area contributed by atoms with Crippen LogP contribution in [0.4, 0.5) is 0 Å². The summed E-state index contributed by atoms with van der Waals surface area (Å²) < 4.78 is 0. The fourth-order valence-corrected chi connectivity index (χ4v) is 3.96. The van der Waals surface area contributed by atoms with E-state index in [9.17, 15) is 0 Å². The zero-order chi connectivity index (χ0) is 13.5. The van der Waals surface area contributed by atoms with E-state index < -0.39 is 0 Å². The van der Waals surface area contributed by atoms with Crippen molar-refractivity contribution in [2.45, 2.75) is 70.8 Å². The van der Waals surface area contributed by atoms with Gasteiger partial charge < -0.3 is 11.1 Å². The lowest BCUT2D eigenvalue weighted by Gasteiger charge is -2.44. The topological polar surface area (TPSA) is 38.0 Å². The molecule has 2 nitrogen and oxygen atoms in total. The van der Waals surface area contributed by atoms with Crippen LogP contribution in [0.5, 0.6) is 0 Å². The van der Waals surface area contributed by atoms with E-state index in [2.05, 4.69) is 19.2 Å². The van der Waals surface area contributed by atoms with E-state index in [0.717, 1.165) is 24.3 Å². The number of nitrogens with one attached hydrogen (secondary N) is 1. The first-order chi connectivity index (χ1) is 9.04. The normalized spacial score (nSPS) is 29.7. The Bertz CT molecular complexity index is 293. The van der Waals surface area contributed by atoms with Gasteiger partial charge in [-0.2, -0.15) is 0 Å². The molecule has 0 saturated heterocycles. The number of nitrogens with two attached hydrogens (primary N) is 1. The molecule has 19 heavy (non-hydrogen) atoms. The summed E-state index contributed by atoms with van der Waals surface area (Å²) in [6.07, 6.45) is 11.2. The molecule has 0 aromatic carbocycles. The minimum atomic E-state index is 0.261. The Morgan fingerprint density at radius 3 is 1.95 bits per heavy atom. The molecule has 0 unspecified atom stereocenters. The van der Waals surface area contributed by atoms with E-state index >= 15 is 0 Å². The summed E-state index contributed by atoms with van der Waals surface area (Å²) in [5, 5.41) is 3.94. The first-order valence-electron chi connectivity index (χ1n) is 8.49. The summed E-state index contributed by atoms with van der Waals surface area (Å²) >= 11 is 0. The summed E-state index contributed by atoms with van der Waals surface area (Å²) in [6, 6.07) is 0. The first-order valence-corrected chi connectivity index (χ1v) is 8.49. The number of rotatable bonds is 6. The van der Waals surface area contributed by atoms with E-state index in [4.69, 9.17) is 5.73 Å². The van der Waals surface area contributed by atoms with E-state index in [-0.39, 0.29) is 5.54 Å². The van der Waals surface area contributed by atoms with E-state index in [0.29, 0.717) is 5.41 Å². The van der Waals surface area contributed by atoms with Gasteiger partial charge in [-0.15, -0.1) is 0 Å². The molecule has 2 heteroatoms. The summed E-state index contributed by atoms with van der Waals surface area (Å²) in [5.74, 6) is 3.07. The van der Waals surface area contributed by atoms with Gasteiger partial charge in [0.1, 0.15) is 0 Å². The van der Waals surface area contributed by atoms with Gasteiger partial charge in [0.15, 0.2) is 0 Å². The second-order valence-electron chi connectivity index (χ2n) is 8.37. The molecule has 110 valence electrons. The predicted molar refractivity (Wildman–Crippen MR) is 81.0 cm³/mol. The third-order valence-electron chi connectivity index (χ3n) is 6.12. The Kier molecular flexibility index (Phi) is 3.68. The van der Waals surface area contributed by atoms with E-state index in [1.807, 2.05) is 0 Å². The van der Waals surface area contributed by atoms with Crippen LogP contribution in [0.25, 0.3) is 0 Å². The van der Waals surface area contributed by atoms with Crippen molar-refractivity contribution in [3.8, 4) is 0 Å². The van der Waals surface area contributed by atoms with Crippen molar-refractivity contribution in [3.05, 3.63) is 0 Å². The Hall–Kier alpha value is -0.0800. The van der Waals surface area contributed by atoms with Crippen molar-refractivity contribution in [1.82, 2.24) is 5.32 Å². The molecule has 0 spiro atoms. The minimum Gasteiger partial charge on any atom is -0.329 e. The van der Waals surface area contributed by atoms with Crippen LogP contribution < -0.4 is 11.1 Å². The average Bonchev–Trinajstić information content (AvgIpc) is 3.26. The number of hydrogen-bond donors (Lipinski definition) is 2. The molecule has 0 aliphatic heterocycles. The quantitative estimate of drug-likeness (QED) is 0.772. The molecule has 0 aromatic rings. The SMILES string of the molecule is CC1(C)CCC(CN)(NCC(C2CC2)C2CC2)CC1. The molecule has 0 aromatic heterocycles. The van der Waals surface area contributed by atoms with Crippen molar-refractivity contribution in [1.29, 1.82) is 0 Å². The fraction of sp³-hybridized carbons (Fsp3) is 1.00. The molecular formula is C17H32N2. The Morgan fingerprint density at radius 1 is 1.00 bits per heavy atom. The zero-order valence-corrected chi connectivity index (χ0v) is 12.9. The largest absolute Gasteiger partial charge is 0.329 e. The highest BCUT2D eigenvalue weighted by Gasteiger charge is 2.43. The Morgan fingerprint density at radius 2 is 1.53 bits per heavy atom. The van der Waals surface area contributed by atoms with Gasteiger partial charge in [0.2, 0.25) is 0 Å². The molecule has 3 N–H and O–H groups in total. The van der Waals surface area contributed by atoms with Crippen LogP contribution in [0.3, 0.4) is 0 Å². The van der Waals surface area contributed by atoms with Crippen LogP contribution in [-0.2, 0) is 0 Å². The summed E-state index contributed by atoms with van der Waals surface area (Å²) in [7, 11) is 0. The molecule has 0 amide bonds. The van der Waals surface area contributed by atoms with Crippen LogP contribution in [-0.4, -0.2) is 18.6 Å². The van der Waals surface area contributed by atoms with Crippen molar-refractivity contribution in [2.24, 2.45) is 28.9 Å². The van der Waals surface area contributed by atoms with Crippen molar-refractivity contribution < 1.29 is 0 Å². The van der Waals surface area contributed by atoms with Crippen LogP contribution in [0.2, 0.25) is 0 Å². The third-order valence-corrected chi connectivity index (χ3v) is 6.12. The third kappa shape index (κ3) is 3.33. The Labute approximate surface area is 118 Å². The number of hydrogen-bond acceptors (Lipinski definition) is 2. The lowest BCUT2D eigenvalue weighted by molar-refractivity contribution is 0.132. The average molecular weight is 264 g/mol. The highest BCUT2D eigenvalue weighted by atomic mass is 15.0. The second kappa shape index (κ2) is 5.04. The van der Waals surface area contributed by atoms with Crippen molar-refractivity contribution in [3.63, 3.8) is 0 Å². The van der Waals surface area contributed by atoms with Gasteiger partial charge in [-0.05, 0) is 81.1 Å². The molecule has 0 bridgehead atoms. The standard InChI is InChI=1S/C17H32N2/c1-16(2)7-9-17(12-18,10-8-16)19-11-15(13-3-4-13)14-5-6-14/h13-15,19H,3-12,18H2,1-2H3. The maximum atomic E-state index is 6.13. The van der Waals surface area contributed by atoms with Crippen LogP contribution in [0.15, 0.2) is 0 Å². The summed E-state index contributed by atoms with van der Waals surface area (Å²) in [6.45, 7) is 6.88. The molecule has 0 radical (unpaired) electrons. The second-order valence-corrected chi connectivity index (χ2v) is 8.37. The molecule has 0 heterocycles. The minimum absolute atomic E-state index is 0.261. The maximum absolute atomic E-state index is 6.13. The first kappa shape index (κ1) is 13.9. The van der Waals surface area contributed by atoms with Gasteiger partial charge in [-0.25, -0.2) is 0 Å². The Balaban J connectivity index is 1.54. The van der Waals surface area contributed by atoms with Crippen molar-refractivity contribution >= 4 is 0 Å². The van der Waals surface area contributed by atoms with Gasteiger partial charge in [-0.1, -0.05) is 13.8 Å². The lowest BCUT2D eigenvalue weighted by atomic mass is 9.69. The van der Waals surface area contributed by atoms with Crippen LogP contribution in [0.1, 0.15) is 65.2 Å². The van der Waals surface area contributed by atoms with Gasteiger partial charge in [-0.3, -0.25) is 0 Å².